The Morgan fingerprint density at radius 1 is 1.47 bits per heavy atom. The Morgan fingerprint density at radius 3 is 2.84 bits per heavy atom. The van der Waals surface area contributed by atoms with Gasteiger partial charge in [0.2, 0.25) is 0 Å². The van der Waals surface area contributed by atoms with Crippen LogP contribution in [0.25, 0.3) is 6.08 Å². The van der Waals surface area contributed by atoms with Gasteiger partial charge in [0.15, 0.2) is 0 Å². The number of carbonyl (C=O) groups excluding carboxylic acids is 1. The predicted octanol–water partition coefficient (Wildman–Crippen LogP) is 3.41. The molecule has 4 heteroatoms. The molecule has 1 amide bonds. The highest BCUT2D eigenvalue weighted by Gasteiger charge is 2.28. The summed E-state index contributed by atoms with van der Waals surface area (Å²) in [6, 6.07) is 3.93. The van der Waals surface area contributed by atoms with E-state index in [1.807, 2.05) is 32.9 Å². The van der Waals surface area contributed by atoms with E-state index in [0.29, 0.717) is 12.4 Å². The fourth-order valence-electron chi connectivity index (χ4n) is 2.06. The molecule has 102 valence electrons. The minimum Gasteiger partial charge on any atom is -0.443 e. The maximum atomic E-state index is 12.2. The maximum Gasteiger partial charge on any atom is 0.416 e. The first-order valence-electron chi connectivity index (χ1n) is 6.53. The fourth-order valence-corrected chi connectivity index (χ4v) is 2.06. The molecule has 19 heavy (non-hydrogen) atoms. The third-order valence-electron chi connectivity index (χ3n) is 2.88. The highest BCUT2D eigenvalue weighted by Crippen LogP contribution is 2.27. The molecule has 0 fully saturated rings. The number of ether oxygens (including phenoxy) is 1. The molecule has 1 aliphatic heterocycles. The largest absolute Gasteiger partial charge is 0.443 e. The molecule has 0 N–H and O–H groups in total. The van der Waals surface area contributed by atoms with Gasteiger partial charge in [-0.05, 0) is 51.3 Å². The van der Waals surface area contributed by atoms with Crippen LogP contribution >= 0.6 is 0 Å². The molecule has 0 aromatic carbocycles. The van der Waals surface area contributed by atoms with Crippen molar-refractivity contribution in [2.75, 3.05) is 11.4 Å². The number of aromatic nitrogens is 1. The highest BCUT2D eigenvalue weighted by molar-refractivity contribution is 5.88. The molecule has 0 saturated carbocycles. The third kappa shape index (κ3) is 3.13. The SMILES string of the molecule is C=Cc1ccc2c(n1)N(C(=O)OC(C)(C)C)CCC2. The predicted molar refractivity (Wildman–Crippen MR) is 76.2 cm³/mol. The van der Waals surface area contributed by atoms with Gasteiger partial charge in [0.1, 0.15) is 11.4 Å². The Hall–Kier alpha value is -1.84. The molecular formula is C15H20N2O2. The van der Waals surface area contributed by atoms with Crippen LogP contribution in [0.5, 0.6) is 0 Å². The lowest BCUT2D eigenvalue weighted by atomic mass is 10.1. The molecule has 1 aromatic heterocycles. The molecule has 0 spiro atoms. The van der Waals surface area contributed by atoms with E-state index < -0.39 is 5.60 Å². The lowest BCUT2D eigenvalue weighted by Gasteiger charge is -2.30. The van der Waals surface area contributed by atoms with Crippen LogP contribution in [0.3, 0.4) is 0 Å². The van der Waals surface area contributed by atoms with Crippen molar-refractivity contribution in [3.63, 3.8) is 0 Å². The van der Waals surface area contributed by atoms with E-state index in [9.17, 15) is 4.79 Å². The van der Waals surface area contributed by atoms with E-state index in [1.165, 1.54) is 0 Å². The summed E-state index contributed by atoms with van der Waals surface area (Å²) in [4.78, 5) is 18.3. The molecule has 0 aliphatic carbocycles. The first-order chi connectivity index (χ1) is 8.90. The summed E-state index contributed by atoms with van der Waals surface area (Å²) >= 11 is 0. The first-order valence-corrected chi connectivity index (χ1v) is 6.53. The van der Waals surface area contributed by atoms with Crippen molar-refractivity contribution in [2.24, 2.45) is 0 Å². The van der Waals surface area contributed by atoms with E-state index in [4.69, 9.17) is 4.74 Å². The molecule has 0 unspecified atom stereocenters. The zero-order chi connectivity index (χ0) is 14.0. The van der Waals surface area contributed by atoms with Crippen molar-refractivity contribution in [1.82, 2.24) is 4.98 Å². The second-order valence-corrected chi connectivity index (χ2v) is 5.66. The number of amides is 1. The lowest BCUT2D eigenvalue weighted by Crippen LogP contribution is -2.40. The van der Waals surface area contributed by atoms with Crippen molar-refractivity contribution in [3.05, 3.63) is 30.0 Å². The van der Waals surface area contributed by atoms with Crippen LogP contribution < -0.4 is 4.90 Å². The maximum absolute atomic E-state index is 12.2. The molecule has 0 radical (unpaired) electrons. The van der Waals surface area contributed by atoms with Crippen LogP contribution in [-0.4, -0.2) is 23.2 Å². The average Bonchev–Trinajstić information content (AvgIpc) is 2.35. The van der Waals surface area contributed by atoms with Crippen molar-refractivity contribution in [2.45, 2.75) is 39.2 Å². The van der Waals surface area contributed by atoms with E-state index in [-0.39, 0.29) is 6.09 Å². The smallest absolute Gasteiger partial charge is 0.416 e. The Bertz CT molecular complexity index is 503. The van der Waals surface area contributed by atoms with Crippen molar-refractivity contribution in [3.8, 4) is 0 Å². The average molecular weight is 260 g/mol. The summed E-state index contributed by atoms with van der Waals surface area (Å²) in [7, 11) is 0. The van der Waals surface area contributed by atoms with Gasteiger partial charge >= 0.3 is 6.09 Å². The number of anilines is 1. The van der Waals surface area contributed by atoms with Gasteiger partial charge in [-0.1, -0.05) is 12.6 Å². The van der Waals surface area contributed by atoms with Gasteiger partial charge in [0, 0.05) is 6.54 Å². The number of hydrogen-bond acceptors (Lipinski definition) is 3. The summed E-state index contributed by atoms with van der Waals surface area (Å²) in [6.45, 7) is 9.95. The fraction of sp³-hybridized carbons (Fsp3) is 0.467. The summed E-state index contributed by atoms with van der Waals surface area (Å²) in [5.41, 5.74) is 1.36. The van der Waals surface area contributed by atoms with Gasteiger partial charge in [-0.2, -0.15) is 0 Å². The number of nitrogens with zero attached hydrogens (tertiary/aromatic N) is 2. The van der Waals surface area contributed by atoms with Gasteiger partial charge < -0.3 is 4.74 Å². The van der Waals surface area contributed by atoms with Crippen molar-refractivity contribution in [1.29, 1.82) is 0 Å². The number of hydrogen-bond donors (Lipinski definition) is 0. The molecule has 0 bridgehead atoms. The molecule has 2 rings (SSSR count). The quantitative estimate of drug-likeness (QED) is 0.777. The Morgan fingerprint density at radius 2 is 2.21 bits per heavy atom. The van der Waals surface area contributed by atoms with Crippen LogP contribution in [0.4, 0.5) is 10.6 Å². The molecule has 4 nitrogen and oxygen atoms in total. The first kappa shape index (κ1) is 13.6. The zero-order valence-corrected chi connectivity index (χ0v) is 11.8. The number of pyridine rings is 1. The number of fused-ring (bicyclic) bond motifs is 1. The summed E-state index contributed by atoms with van der Waals surface area (Å²) < 4.78 is 5.43. The lowest BCUT2D eigenvalue weighted by molar-refractivity contribution is 0.0576. The summed E-state index contributed by atoms with van der Waals surface area (Å²) in [5, 5.41) is 0. The van der Waals surface area contributed by atoms with Crippen LogP contribution in [0.15, 0.2) is 18.7 Å². The van der Waals surface area contributed by atoms with Gasteiger partial charge in [0.05, 0.1) is 5.69 Å². The molecule has 2 heterocycles. The second kappa shape index (κ2) is 5.03. The van der Waals surface area contributed by atoms with Gasteiger partial charge in [-0.3, -0.25) is 4.90 Å². The minimum absolute atomic E-state index is 0.331. The highest BCUT2D eigenvalue weighted by atomic mass is 16.6. The van der Waals surface area contributed by atoms with Crippen LogP contribution in [0.2, 0.25) is 0 Å². The zero-order valence-electron chi connectivity index (χ0n) is 11.8. The topological polar surface area (TPSA) is 42.4 Å². The number of rotatable bonds is 1. The summed E-state index contributed by atoms with van der Waals surface area (Å²) in [5.74, 6) is 0.706. The molecule has 0 atom stereocenters. The van der Waals surface area contributed by atoms with E-state index in [0.717, 1.165) is 24.1 Å². The normalized spacial score (nSPS) is 14.8. The Labute approximate surface area is 114 Å². The molecule has 1 aromatic rings. The molecule has 1 aliphatic rings. The third-order valence-corrected chi connectivity index (χ3v) is 2.88. The van der Waals surface area contributed by atoms with Crippen LogP contribution in [0.1, 0.15) is 38.4 Å². The standard InChI is InChI=1S/C15H20N2O2/c1-5-12-9-8-11-7-6-10-17(13(11)16-12)14(18)19-15(2,3)4/h5,8-9H,1,6-7,10H2,2-4H3. The Kier molecular flexibility index (Phi) is 3.60. The number of aryl methyl sites for hydroxylation is 1. The number of carbonyl (C=O) groups is 1. The molecule has 0 saturated heterocycles. The monoisotopic (exact) mass is 260 g/mol. The minimum atomic E-state index is -0.495. The van der Waals surface area contributed by atoms with Gasteiger partial charge in [-0.25, -0.2) is 9.78 Å². The van der Waals surface area contributed by atoms with Gasteiger partial charge in [0.25, 0.3) is 0 Å². The second-order valence-electron chi connectivity index (χ2n) is 5.66. The van der Waals surface area contributed by atoms with Gasteiger partial charge in [-0.15, -0.1) is 0 Å². The van der Waals surface area contributed by atoms with E-state index >= 15 is 0 Å². The van der Waals surface area contributed by atoms with Crippen LogP contribution in [-0.2, 0) is 11.2 Å². The molecular weight excluding hydrogens is 240 g/mol. The van der Waals surface area contributed by atoms with Crippen molar-refractivity contribution >= 4 is 18.0 Å². The van der Waals surface area contributed by atoms with Crippen LogP contribution in [0, 0.1) is 0 Å². The van der Waals surface area contributed by atoms with E-state index in [1.54, 1.807) is 11.0 Å². The summed E-state index contributed by atoms with van der Waals surface area (Å²) in [6.07, 6.45) is 3.23. The van der Waals surface area contributed by atoms with Crippen molar-refractivity contribution < 1.29 is 9.53 Å². The Balaban J connectivity index is 2.30. The van der Waals surface area contributed by atoms with E-state index in [2.05, 4.69) is 11.6 Å².